The summed E-state index contributed by atoms with van der Waals surface area (Å²) in [4.78, 5) is 4.24. The highest BCUT2D eigenvalue weighted by Gasteiger charge is 2.10. The lowest BCUT2D eigenvalue weighted by Gasteiger charge is -2.12. The van der Waals surface area contributed by atoms with Crippen LogP contribution in [-0.4, -0.2) is 4.98 Å². The van der Waals surface area contributed by atoms with Crippen LogP contribution in [0.2, 0.25) is 0 Å². The molecule has 3 N–H and O–H groups in total. The number of anilines is 3. The molecule has 0 radical (unpaired) electrons. The topological polar surface area (TPSA) is 74.7 Å². The Hall–Kier alpha value is -2.65. The highest BCUT2D eigenvalue weighted by atomic mass is 79.9. The van der Waals surface area contributed by atoms with Gasteiger partial charge < -0.3 is 11.1 Å². The molecule has 22 heavy (non-hydrogen) atoms. The van der Waals surface area contributed by atoms with Gasteiger partial charge in [-0.3, -0.25) is 4.98 Å². The summed E-state index contributed by atoms with van der Waals surface area (Å²) in [6, 6.07) is 11.9. The number of halogens is 2. The van der Waals surface area contributed by atoms with E-state index >= 15 is 0 Å². The summed E-state index contributed by atoms with van der Waals surface area (Å²) < 4.78 is 13.7. The molecule has 1 aromatic heterocycles. The normalized spacial score (nSPS) is 10.4. The number of fused-ring (bicyclic) bond motifs is 1. The number of nitrogens with one attached hydrogen (secondary N) is 1. The largest absolute Gasteiger partial charge is 0.399 e. The zero-order chi connectivity index (χ0) is 15.7. The van der Waals surface area contributed by atoms with E-state index < -0.39 is 0 Å². The van der Waals surface area contributed by atoms with E-state index in [1.165, 1.54) is 12.3 Å². The molecule has 3 rings (SSSR count). The predicted molar refractivity (Wildman–Crippen MR) is 88.3 cm³/mol. The van der Waals surface area contributed by atoms with E-state index in [2.05, 4.69) is 32.3 Å². The Morgan fingerprint density at radius 3 is 2.77 bits per heavy atom. The Bertz CT molecular complexity index is 918. The number of nitrogens with zero attached hydrogens (tertiary/aromatic N) is 2. The van der Waals surface area contributed by atoms with Gasteiger partial charge in [-0.1, -0.05) is 0 Å². The van der Waals surface area contributed by atoms with Crippen LogP contribution in [0.3, 0.4) is 0 Å². The number of hydrogen-bond acceptors (Lipinski definition) is 4. The molecule has 0 aliphatic rings. The molecular formula is C16H10BrFN4. The zero-order valence-corrected chi connectivity index (χ0v) is 12.9. The first-order chi connectivity index (χ1) is 10.6. The maximum absolute atomic E-state index is 13.3. The minimum Gasteiger partial charge on any atom is -0.399 e. The summed E-state index contributed by atoms with van der Waals surface area (Å²) >= 11 is 3.14. The van der Waals surface area contributed by atoms with Crippen LogP contribution in [0.25, 0.3) is 10.9 Å². The van der Waals surface area contributed by atoms with Crippen molar-refractivity contribution in [3.63, 3.8) is 0 Å². The average Bonchev–Trinajstić information content (AvgIpc) is 2.51. The summed E-state index contributed by atoms with van der Waals surface area (Å²) in [6.45, 7) is 0. The second-order valence-electron chi connectivity index (χ2n) is 4.69. The van der Waals surface area contributed by atoms with Gasteiger partial charge in [0.1, 0.15) is 11.9 Å². The molecule has 0 bridgehead atoms. The third kappa shape index (κ3) is 2.59. The van der Waals surface area contributed by atoms with Crippen molar-refractivity contribution in [2.24, 2.45) is 0 Å². The number of benzene rings is 2. The quantitative estimate of drug-likeness (QED) is 0.670. The van der Waals surface area contributed by atoms with Crippen molar-refractivity contribution in [3.8, 4) is 6.07 Å². The molecule has 0 unspecified atom stereocenters. The fraction of sp³-hybridized carbons (Fsp3) is 0. The number of aromatic nitrogens is 1. The second-order valence-corrected chi connectivity index (χ2v) is 5.54. The van der Waals surface area contributed by atoms with Crippen molar-refractivity contribution in [2.45, 2.75) is 0 Å². The van der Waals surface area contributed by atoms with Crippen LogP contribution in [0.1, 0.15) is 5.56 Å². The molecule has 0 aliphatic carbocycles. The Labute approximate surface area is 134 Å². The van der Waals surface area contributed by atoms with Crippen molar-refractivity contribution in [3.05, 3.63) is 58.4 Å². The molecule has 0 saturated heterocycles. The van der Waals surface area contributed by atoms with Crippen LogP contribution < -0.4 is 11.1 Å². The summed E-state index contributed by atoms with van der Waals surface area (Å²) in [7, 11) is 0. The van der Waals surface area contributed by atoms with Gasteiger partial charge in [0.25, 0.3) is 0 Å². The van der Waals surface area contributed by atoms with Crippen LogP contribution in [0.15, 0.2) is 47.1 Å². The van der Waals surface area contributed by atoms with Crippen LogP contribution >= 0.6 is 15.9 Å². The fourth-order valence-electron chi connectivity index (χ4n) is 2.15. The van der Waals surface area contributed by atoms with Gasteiger partial charge in [-0.05, 0) is 52.3 Å². The van der Waals surface area contributed by atoms with Gasteiger partial charge in [-0.15, -0.1) is 0 Å². The molecule has 3 aromatic rings. The third-order valence-electron chi connectivity index (χ3n) is 3.20. The number of nitrogens with two attached hydrogens (primary N) is 1. The van der Waals surface area contributed by atoms with Gasteiger partial charge in [0, 0.05) is 23.0 Å². The number of hydrogen-bond donors (Lipinski definition) is 2. The zero-order valence-electron chi connectivity index (χ0n) is 11.3. The van der Waals surface area contributed by atoms with Crippen molar-refractivity contribution in [1.29, 1.82) is 5.26 Å². The van der Waals surface area contributed by atoms with E-state index in [0.29, 0.717) is 27.1 Å². The highest BCUT2D eigenvalue weighted by molar-refractivity contribution is 9.10. The molecule has 0 fully saturated rings. The molecule has 0 aliphatic heterocycles. The molecule has 0 amide bonds. The van der Waals surface area contributed by atoms with Gasteiger partial charge >= 0.3 is 0 Å². The number of pyridine rings is 1. The van der Waals surface area contributed by atoms with Crippen molar-refractivity contribution < 1.29 is 4.39 Å². The molecule has 1 heterocycles. The predicted octanol–water partition coefficient (Wildman–Crippen LogP) is 4.33. The molecule has 2 aromatic carbocycles. The van der Waals surface area contributed by atoms with E-state index in [0.717, 1.165) is 10.9 Å². The summed E-state index contributed by atoms with van der Waals surface area (Å²) in [5, 5.41) is 13.2. The third-order valence-corrected chi connectivity index (χ3v) is 3.81. The Balaban J connectivity index is 2.17. The average molecular weight is 357 g/mol. The van der Waals surface area contributed by atoms with Gasteiger partial charge in [0.05, 0.1) is 21.2 Å². The van der Waals surface area contributed by atoms with Crippen LogP contribution in [0, 0.1) is 17.1 Å². The van der Waals surface area contributed by atoms with Gasteiger partial charge in [-0.2, -0.15) is 5.26 Å². The lowest BCUT2D eigenvalue weighted by molar-refractivity contribution is 0.621. The lowest BCUT2D eigenvalue weighted by Crippen LogP contribution is -1.98. The highest BCUT2D eigenvalue weighted by Crippen LogP contribution is 2.31. The van der Waals surface area contributed by atoms with Gasteiger partial charge in [-0.25, -0.2) is 4.39 Å². The monoisotopic (exact) mass is 356 g/mol. The maximum atomic E-state index is 13.3. The molecular weight excluding hydrogens is 347 g/mol. The molecule has 4 nitrogen and oxygen atoms in total. The van der Waals surface area contributed by atoms with E-state index in [1.807, 2.05) is 0 Å². The Morgan fingerprint density at radius 2 is 2.05 bits per heavy atom. The van der Waals surface area contributed by atoms with Gasteiger partial charge in [0.2, 0.25) is 0 Å². The molecule has 0 saturated carbocycles. The Morgan fingerprint density at radius 1 is 1.23 bits per heavy atom. The first-order valence-corrected chi connectivity index (χ1v) is 7.18. The minimum absolute atomic E-state index is 0.342. The molecule has 0 atom stereocenters. The van der Waals surface area contributed by atoms with Crippen LogP contribution in [0.5, 0.6) is 0 Å². The summed E-state index contributed by atoms with van der Waals surface area (Å²) in [5.41, 5.74) is 8.76. The maximum Gasteiger partial charge on any atom is 0.137 e. The first-order valence-electron chi connectivity index (χ1n) is 6.39. The summed E-state index contributed by atoms with van der Waals surface area (Å²) in [5.74, 6) is -0.352. The smallest absolute Gasteiger partial charge is 0.137 e. The Kier molecular flexibility index (Phi) is 3.65. The van der Waals surface area contributed by atoms with Gasteiger partial charge in [0.15, 0.2) is 0 Å². The second kappa shape index (κ2) is 5.62. The van der Waals surface area contributed by atoms with E-state index in [4.69, 9.17) is 5.73 Å². The van der Waals surface area contributed by atoms with Crippen molar-refractivity contribution in [1.82, 2.24) is 4.98 Å². The van der Waals surface area contributed by atoms with Crippen molar-refractivity contribution >= 4 is 43.9 Å². The van der Waals surface area contributed by atoms with E-state index in [-0.39, 0.29) is 5.82 Å². The lowest BCUT2D eigenvalue weighted by atomic mass is 10.1. The molecule has 0 spiro atoms. The van der Waals surface area contributed by atoms with Crippen LogP contribution in [-0.2, 0) is 0 Å². The number of nitriles is 1. The fourth-order valence-corrected chi connectivity index (χ4v) is 2.53. The van der Waals surface area contributed by atoms with E-state index in [9.17, 15) is 9.65 Å². The van der Waals surface area contributed by atoms with E-state index in [1.54, 1.807) is 30.3 Å². The minimum atomic E-state index is -0.352. The number of nitrogen functional groups attached to an aromatic ring is 1. The SMILES string of the molecule is N#Cc1cnc2ccc(N)cc2c1Nc1ccc(F)c(Br)c1. The number of rotatable bonds is 2. The first kappa shape index (κ1) is 14.3. The molecule has 6 heteroatoms. The standard InChI is InChI=1S/C16H10BrFN4/c17-13-6-11(2-3-14(13)18)22-16-9(7-19)8-21-15-4-1-10(20)5-12(15)16/h1-6,8H,20H2,(H,21,22). The molecule has 108 valence electrons. The van der Waals surface area contributed by atoms with Crippen LogP contribution in [0.4, 0.5) is 21.5 Å². The summed E-state index contributed by atoms with van der Waals surface area (Å²) in [6.07, 6.45) is 1.50. The van der Waals surface area contributed by atoms with Crippen molar-refractivity contribution in [2.75, 3.05) is 11.1 Å².